The second-order valence-electron chi connectivity index (χ2n) is 3.26. The molecule has 0 saturated heterocycles. The molecule has 96 valence electrons. The first-order valence-electron chi connectivity index (χ1n) is 4.49. The molecule has 0 heterocycles. The monoisotopic (exact) mass is 280 g/mol. The van der Waals surface area contributed by atoms with E-state index in [0.29, 0.717) is 0 Å². The van der Waals surface area contributed by atoms with Crippen molar-refractivity contribution in [1.29, 1.82) is 0 Å². The van der Waals surface area contributed by atoms with Crippen molar-refractivity contribution in [2.45, 2.75) is 12.8 Å². The average molecular weight is 280 g/mol. The van der Waals surface area contributed by atoms with Crippen LogP contribution in [0.5, 0.6) is 0 Å². The van der Waals surface area contributed by atoms with Crippen LogP contribution in [-0.4, -0.2) is 31.4 Å². The smallest absolute Gasteiger partial charge is 0.286 e. The van der Waals surface area contributed by atoms with Crippen LogP contribution < -0.4 is 0 Å². The Morgan fingerprint density at radius 3 is 1.94 bits per heavy atom. The summed E-state index contributed by atoms with van der Waals surface area (Å²) in [5.41, 5.74) is 0.917. The van der Waals surface area contributed by atoms with Gasteiger partial charge < -0.3 is 0 Å². The van der Waals surface area contributed by atoms with Gasteiger partial charge in [0, 0.05) is 0 Å². The van der Waals surface area contributed by atoms with E-state index in [9.17, 15) is 8.42 Å². The maximum Gasteiger partial charge on any atom is 0.425 e. The van der Waals surface area contributed by atoms with Gasteiger partial charge in [0.15, 0.2) is 0 Å². The van der Waals surface area contributed by atoms with E-state index in [0.717, 1.165) is 5.56 Å². The Balaban J connectivity index is 0.000000557. The van der Waals surface area contributed by atoms with Gasteiger partial charge in [0.1, 0.15) is 0 Å². The molecule has 8 heteroatoms. The van der Waals surface area contributed by atoms with E-state index in [1.54, 1.807) is 6.92 Å². The van der Waals surface area contributed by atoms with Crippen LogP contribution in [-0.2, 0) is 20.7 Å². The van der Waals surface area contributed by atoms with Gasteiger partial charge in [-0.25, -0.2) is 0 Å². The van der Waals surface area contributed by atoms with Gasteiger partial charge in [-0.2, -0.15) is 8.42 Å². The fourth-order valence-electron chi connectivity index (χ4n) is 1.19. The zero-order chi connectivity index (χ0) is 13.5. The number of rotatable bonds is 3. The lowest BCUT2D eigenvalue weighted by Crippen LogP contribution is -2.10. The second-order valence-corrected chi connectivity index (χ2v) is 5.17. The summed E-state index contributed by atoms with van der Waals surface area (Å²) in [4.78, 5) is 0. The highest BCUT2D eigenvalue weighted by molar-refractivity contribution is 7.85. The predicted molar refractivity (Wildman–Crippen MR) is 61.0 cm³/mol. The molecule has 6 nitrogen and oxygen atoms in total. The average Bonchev–Trinajstić information content (AvgIpc) is 2.15. The van der Waals surface area contributed by atoms with Crippen molar-refractivity contribution in [2.24, 2.45) is 0 Å². The van der Waals surface area contributed by atoms with E-state index in [-0.39, 0.29) is 11.7 Å². The molecule has 0 amide bonds. The van der Waals surface area contributed by atoms with E-state index in [4.69, 9.17) is 17.2 Å². The minimum Gasteiger partial charge on any atom is -0.286 e. The van der Waals surface area contributed by atoms with Crippen LogP contribution in [0.25, 0.3) is 0 Å². The topological polar surface area (TPSA) is 106 Å². The molecule has 0 saturated carbocycles. The predicted octanol–water partition coefficient (Wildman–Crippen LogP) is 0.674. The lowest BCUT2D eigenvalue weighted by molar-refractivity contribution is 0.479. The molecular weight excluding hydrogens is 268 g/mol. The van der Waals surface area contributed by atoms with Gasteiger partial charge in [-0.1, -0.05) is 37.3 Å². The molecule has 0 aromatic heterocycles. The van der Waals surface area contributed by atoms with Crippen LogP contribution in [0.15, 0.2) is 30.3 Å². The van der Waals surface area contributed by atoms with Gasteiger partial charge >= 0.3 is 10.6 Å². The number of hydrogen-bond acceptors (Lipinski definition) is 5. The Kier molecular flexibility index (Phi) is 6.62. The SMILES string of the molecule is CC(CS(=O)(=O)O)c1ccccc1.O=S(=O)=O. The molecule has 1 atom stereocenters. The third kappa shape index (κ3) is 9.67. The molecule has 1 aromatic carbocycles. The third-order valence-corrected chi connectivity index (χ3v) is 2.75. The van der Waals surface area contributed by atoms with Crippen LogP contribution in [0.1, 0.15) is 18.4 Å². The molecule has 0 aliphatic rings. The first-order valence-corrected chi connectivity index (χ1v) is 7.10. The Morgan fingerprint density at radius 1 is 1.18 bits per heavy atom. The minimum atomic E-state index is -3.87. The quantitative estimate of drug-likeness (QED) is 0.816. The number of hydrogen-bond donors (Lipinski definition) is 1. The van der Waals surface area contributed by atoms with Gasteiger partial charge in [0.25, 0.3) is 10.1 Å². The van der Waals surface area contributed by atoms with Crippen molar-refractivity contribution in [3.8, 4) is 0 Å². The molecule has 1 N–H and O–H groups in total. The van der Waals surface area contributed by atoms with E-state index in [2.05, 4.69) is 0 Å². The largest absolute Gasteiger partial charge is 0.425 e. The zero-order valence-corrected chi connectivity index (χ0v) is 10.6. The molecule has 1 unspecified atom stereocenters. The van der Waals surface area contributed by atoms with Crippen molar-refractivity contribution in [3.63, 3.8) is 0 Å². The molecular formula is C9H12O6S2. The Morgan fingerprint density at radius 2 is 1.59 bits per heavy atom. The van der Waals surface area contributed by atoms with Crippen molar-refractivity contribution in [1.82, 2.24) is 0 Å². The van der Waals surface area contributed by atoms with Gasteiger partial charge in [-0.3, -0.25) is 4.55 Å². The molecule has 0 spiro atoms. The standard InChI is InChI=1S/C9H12O3S.O3S/c1-8(7-13(10,11)12)9-5-3-2-4-6-9;1-4(2)3/h2-6,8H,7H2,1H3,(H,10,11,12);. The van der Waals surface area contributed by atoms with Gasteiger partial charge in [-0.15, -0.1) is 12.6 Å². The van der Waals surface area contributed by atoms with E-state index < -0.39 is 20.7 Å². The van der Waals surface area contributed by atoms with Gasteiger partial charge in [0.05, 0.1) is 5.75 Å². The summed E-state index contributed by atoms with van der Waals surface area (Å²) in [7, 11) is -6.98. The highest BCUT2D eigenvalue weighted by Crippen LogP contribution is 2.15. The summed E-state index contributed by atoms with van der Waals surface area (Å²) in [5.74, 6) is -0.395. The molecule has 0 aliphatic heterocycles. The minimum absolute atomic E-state index is 0.170. The lowest BCUT2D eigenvalue weighted by atomic mass is 10.0. The molecule has 17 heavy (non-hydrogen) atoms. The normalized spacial score (nSPS) is 12.1. The van der Waals surface area contributed by atoms with Crippen molar-refractivity contribution >= 4 is 20.7 Å². The summed E-state index contributed by atoms with van der Waals surface area (Å²) in [6, 6.07) is 9.24. The summed E-state index contributed by atoms with van der Waals surface area (Å²) in [5, 5.41) is 0. The Bertz CT molecular complexity index is 525. The van der Waals surface area contributed by atoms with Crippen LogP contribution >= 0.6 is 0 Å². The molecule has 0 bridgehead atoms. The maximum absolute atomic E-state index is 10.6. The number of benzene rings is 1. The van der Waals surface area contributed by atoms with E-state index in [1.807, 2.05) is 30.3 Å². The van der Waals surface area contributed by atoms with Crippen LogP contribution in [0.4, 0.5) is 0 Å². The molecule has 1 aromatic rings. The maximum atomic E-state index is 10.6. The summed E-state index contributed by atoms with van der Waals surface area (Å²) in [6.45, 7) is 1.77. The van der Waals surface area contributed by atoms with Crippen molar-refractivity contribution in [2.75, 3.05) is 5.75 Å². The fourth-order valence-corrected chi connectivity index (χ4v) is 2.02. The molecule has 0 radical (unpaired) electrons. The highest BCUT2D eigenvalue weighted by Gasteiger charge is 2.13. The van der Waals surface area contributed by atoms with Gasteiger partial charge in [0.2, 0.25) is 0 Å². The Labute approximate surface area is 101 Å². The first kappa shape index (κ1) is 15.8. The lowest BCUT2D eigenvalue weighted by Gasteiger charge is -2.08. The molecule has 0 aliphatic carbocycles. The third-order valence-electron chi connectivity index (χ3n) is 1.83. The molecule has 0 fully saturated rings. The van der Waals surface area contributed by atoms with Crippen molar-refractivity contribution in [3.05, 3.63) is 35.9 Å². The molecule has 1 rings (SSSR count). The summed E-state index contributed by atoms with van der Waals surface area (Å²) < 4.78 is 55.1. The second kappa shape index (κ2) is 7.15. The van der Waals surface area contributed by atoms with E-state index >= 15 is 0 Å². The van der Waals surface area contributed by atoms with E-state index in [1.165, 1.54) is 0 Å². The Hall–Kier alpha value is -1.25. The summed E-state index contributed by atoms with van der Waals surface area (Å²) >= 11 is 0. The van der Waals surface area contributed by atoms with Gasteiger partial charge in [-0.05, 0) is 11.5 Å². The summed E-state index contributed by atoms with van der Waals surface area (Å²) in [6.07, 6.45) is 0. The van der Waals surface area contributed by atoms with Crippen LogP contribution in [0.2, 0.25) is 0 Å². The first-order chi connectivity index (χ1) is 7.72. The van der Waals surface area contributed by atoms with Crippen LogP contribution in [0, 0.1) is 0 Å². The zero-order valence-electron chi connectivity index (χ0n) is 8.98. The van der Waals surface area contributed by atoms with Crippen molar-refractivity contribution < 1.29 is 25.6 Å². The van der Waals surface area contributed by atoms with Crippen LogP contribution in [0.3, 0.4) is 0 Å². The highest BCUT2D eigenvalue weighted by atomic mass is 32.2. The fraction of sp³-hybridized carbons (Fsp3) is 0.333.